The molecule has 13 heteroatoms. The van der Waals surface area contributed by atoms with Gasteiger partial charge in [-0.15, -0.1) is 0 Å². The Morgan fingerprint density at radius 3 is 2.08 bits per heavy atom. The first kappa shape index (κ1) is 31.2. The van der Waals surface area contributed by atoms with Crippen LogP contribution in [0.2, 0.25) is 0 Å². The van der Waals surface area contributed by atoms with Crippen LogP contribution in [-0.4, -0.2) is 135 Å². The van der Waals surface area contributed by atoms with Gasteiger partial charge in [-0.05, 0) is 20.3 Å². The maximum absolute atomic E-state index is 12.4. The van der Waals surface area contributed by atoms with Crippen molar-refractivity contribution in [1.29, 1.82) is 0 Å². The molecular formula is C23H42O13. The molecule has 0 aromatic rings. The second kappa shape index (κ2) is 14.3. The maximum Gasteiger partial charge on any atom is 0.308 e. The van der Waals surface area contributed by atoms with Crippen LogP contribution in [0.4, 0.5) is 0 Å². The van der Waals surface area contributed by atoms with Gasteiger partial charge in [-0.25, -0.2) is 0 Å². The normalized spacial score (nSPS) is 37.6. The predicted octanol–water partition coefficient (Wildman–Crippen LogP) is -2.43. The average molecular weight is 527 g/mol. The highest BCUT2D eigenvalue weighted by Crippen LogP contribution is 2.30. The largest absolute Gasteiger partial charge is 0.463 e. The average Bonchev–Trinajstić information content (AvgIpc) is 2.85. The van der Waals surface area contributed by atoms with Gasteiger partial charge in [0.05, 0.1) is 31.3 Å². The molecule has 7 N–H and O–H groups in total. The number of rotatable bonds is 13. The highest BCUT2D eigenvalue weighted by Gasteiger charge is 2.50. The van der Waals surface area contributed by atoms with Crippen molar-refractivity contribution >= 4 is 5.97 Å². The van der Waals surface area contributed by atoms with E-state index in [2.05, 4.69) is 6.92 Å². The van der Waals surface area contributed by atoms with E-state index in [9.17, 15) is 40.5 Å². The second-order valence-corrected chi connectivity index (χ2v) is 9.85. The maximum atomic E-state index is 12.4. The summed E-state index contributed by atoms with van der Waals surface area (Å²) in [7, 11) is 0. The van der Waals surface area contributed by atoms with Gasteiger partial charge in [0, 0.05) is 6.61 Å². The van der Waals surface area contributed by atoms with E-state index in [0.29, 0.717) is 6.61 Å². The first-order valence-electron chi connectivity index (χ1n) is 12.3. The first-order chi connectivity index (χ1) is 16.9. The molecular weight excluding hydrogens is 484 g/mol. The molecule has 2 saturated heterocycles. The molecule has 0 aliphatic carbocycles. The van der Waals surface area contributed by atoms with Gasteiger partial charge in [-0.1, -0.05) is 19.8 Å². The number of carbonyl (C=O) groups excluding carboxylic acids is 1. The summed E-state index contributed by atoms with van der Waals surface area (Å²) in [5.41, 5.74) is -0.715. The Kier molecular flexibility index (Phi) is 12.4. The highest BCUT2D eigenvalue weighted by atomic mass is 16.7. The van der Waals surface area contributed by atoms with E-state index in [1.54, 1.807) is 13.8 Å². The third kappa shape index (κ3) is 8.27. The number of unbranched alkanes of at least 4 members (excludes halogenated alkanes) is 2. The lowest BCUT2D eigenvalue weighted by Crippen LogP contribution is -2.64. The minimum atomic E-state index is -1.76. The minimum Gasteiger partial charge on any atom is -0.463 e. The third-order valence-electron chi connectivity index (χ3n) is 6.29. The summed E-state index contributed by atoms with van der Waals surface area (Å²) in [5.74, 6) is -0.707. The van der Waals surface area contributed by atoms with Crippen molar-refractivity contribution in [3.05, 3.63) is 0 Å². The van der Waals surface area contributed by atoms with Crippen molar-refractivity contribution in [3.63, 3.8) is 0 Å². The standard InChI is InChI=1S/C23H42O13/c1-4-5-6-7-33-23(2,3)11-32-15(26)8-12-16(27)19(30)21(14(10-25)34-12)36-22-20(31)18(29)17(28)13(9-24)35-22/h12-14,16-22,24-25,27-31H,4-11H2,1-3H3. The number of hydrogen-bond donors (Lipinski definition) is 7. The van der Waals surface area contributed by atoms with E-state index in [-0.39, 0.29) is 6.61 Å². The summed E-state index contributed by atoms with van der Waals surface area (Å²) >= 11 is 0. The fourth-order valence-electron chi connectivity index (χ4n) is 4.05. The Balaban J connectivity index is 1.94. The lowest BCUT2D eigenvalue weighted by atomic mass is 9.93. The molecule has 10 unspecified atom stereocenters. The van der Waals surface area contributed by atoms with Crippen LogP contribution in [-0.2, 0) is 28.5 Å². The number of esters is 1. The lowest BCUT2D eigenvalue weighted by Gasteiger charge is -2.46. The molecule has 0 saturated carbocycles. The quantitative estimate of drug-likeness (QED) is 0.0986. The van der Waals surface area contributed by atoms with Crippen molar-refractivity contribution in [3.8, 4) is 0 Å². The summed E-state index contributed by atoms with van der Waals surface area (Å²) in [6.07, 6.45) is -12.6. The number of aliphatic hydroxyl groups is 7. The van der Waals surface area contributed by atoms with Gasteiger partial charge in [0.15, 0.2) is 6.29 Å². The molecule has 212 valence electrons. The van der Waals surface area contributed by atoms with Gasteiger partial charge in [0.1, 0.15) is 55.4 Å². The van der Waals surface area contributed by atoms with Crippen molar-refractivity contribution in [2.75, 3.05) is 26.4 Å². The summed E-state index contributed by atoms with van der Waals surface area (Å²) in [6, 6.07) is 0. The molecule has 2 aliphatic rings. The Morgan fingerprint density at radius 2 is 1.47 bits per heavy atom. The monoisotopic (exact) mass is 526 g/mol. The fraction of sp³-hybridized carbons (Fsp3) is 0.957. The molecule has 0 aromatic carbocycles. The molecule has 2 heterocycles. The first-order valence-corrected chi connectivity index (χ1v) is 12.3. The van der Waals surface area contributed by atoms with E-state index in [1.165, 1.54) is 0 Å². The van der Waals surface area contributed by atoms with E-state index in [4.69, 9.17) is 23.7 Å². The van der Waals surface area contributed by atoms with Crippen LogP contribution in [0.5, 0.6) is 0 Å². The zero-order valence-electron chi connectivity index (χ0n) is 21.0. The smallest absolute Gasteiger partial charge is 0.308 e. The van der Waals surface area contributed by atoms with Gasteiger partial charge >= 0.3 is 5.97 Å². The number of hydrogen-bond acceptors (Lipinski definition) is 13. The molecule has 0 radical (unpaired) electrons. The SMILES string of the molecule is CCCCCOC(C)(C)COC(=O)CC1OC(CO)C(OC2OC(CO)C(O)C(O)C2O)C(O)C1O. The van der Waals surface area contributed by atoms with E-state index in [1.807, 2.05) is 0 Å². The van der Waals surface area contributed by atoms with Gasteiger partial charge in [0.25, 0.3) is 0 Å². The fourth-order valence-corrected chi connectivity index (χ4v) is 4.05. The molecule has 2 rings (SSSR count). The van der Waals surface area contributed by atoms with Gasteiger partial charge < -0.3 is 59.4 Å². The van der Waals surface area contributed by atoms with E-state index >= 15 is 0 Å². The van der Waals surface area contributed by atoms with Crippen LogP contribution in [0.15, 0.2) is 0 Å². The summed E-state index contributed by atoms with van der Waals surface area (Å²) in [4.78, 5) is 12.4. The minimum absolute atomic E-state index is 0.0321. The number of carbonyl (C=O) groups is 1. The molecule has 10 atom stereocenters. The van der Waals surface area contributed by atoms with Crippen molar-refractivity contribution in [1.82, 2.24) is 0 Å². The number of aliphatic hydroxyl groups excluding tert-OH is 7. The van der Waals surface area contributed by atoms with Crippen LogP contribution >= 0.6 is 0 Å². The van der Waals surface area contributed by atoms with Crippen molar-refractivity contribution < 1.29 is 64.2 Å². The Hall–Kier alpha value is -0.970. The summed E-state index contributed by atoms with van der Waals surface area (Å²) < 4.78 is 27.4. The third-order valence-corrected chi connectivity index (χ3v) is 6.29. The van der Waals surface area contributed by atoms with E-state index < -0.39 is 92.4 Å². The van der Waals surface area contributed by atoms with Crippen molar-refractivity contribution in [2.24, 2.45) is 0 Å². The highest BCUT2D eigenvalue weighted by molar-refractivity contribution is 5.70. The Labute approximate surface area is 210 Å². The van der Waals surface area contributed by atoms with Gasteiger partial charge in [0.2, 0.25) is 0 Å². The van der Waals surface area contributed by atoms with Crippen LogP contribution in [0.1, 0.15) is 46.5 Å². The molecule has 13 nitrogen and oxygen atoms in total. The van der Waals surface area contributed by atoms with Crippen LogP contribution in [0.25, 0.3) is 0 Å². The predicted molar refractivity (Wildman–Crippen MR) is 122 cm³/mol. The molecule has 0 bridgehead atoms. The Bertz CT molecular complexity index is 658. The Morgan fingerprint density at radius 1 is 0.833 bits per heavy atom. The topological polar surface area (TPSA) is 205 Å². The number of ether oxygens (including phenoxy) is 5. The molecule has 2 fully saturated rings. The molecule has 2 aliphatic heterocycles. The van der Waals surface area contributed by atoms with Crippen LogP contribution < -0.4 is 0 Å². The van der Waals surface area contributed by atoms with Crippen LogP contribution in [0, 0.1) is 0 Å². The second-order valence-electron chi connectivity index (χ2n) is 9.85. The van der Waals surface area contributed by atoms with Crippen molar-refractivity contribution in [2.45, 2.75) is 113 Å². The van der Waals surface area contributed by atoms with Crippen LogP contribution in [0.3, 0.4) is 0 Å². The summed E-state index contributed by atoms with van der Waals surface area (Å²) in [5, 5.41) is 70.3. The molecule has 36 heavy (non-hydrogen) atoms. The lowest BCUT2D eigenvalue weighted by molar-refractivity contribution is -0.342. The molecule has 0 spiro atoms. The molecule has 0 amide bonds. The van der Waals surface area contributed by atoms with E-state index in [0.717, 1.165) is 19.3 Å². The zero-order valence-corrected chi connectivity index (χ0v) is 21.0. The zero-order chi connectivity index (χ0) is 27.0. The van der Waals surface area contributed by atoms with Gasteiger partial charge in [-0.2, -0.15) is 0 Å². The summed E-state index contributed by atoms with van der Waals surface area (Å²) in [6.45, 7) is 4.77. The van der Waals surface area contributed by atoms with Gasteiger partial charge in [-0.3, -0.25) is 4.79 Å². The molecule has 0 aromatic heterocycles.